The Morgan fingerprint density at radius 3 is 2.83 bits per heavy atom. The maximum absolute atomic E-state index is 12.2. The zero-order valence-electron chi connectivity index (χ0n) is 13.0. The van der Waals surface area contributed by atoms with Crippen LogP contribution in [0.15, 0.2) is 54.9 Å². The molecule has 0 aliphatic carbocycles. The van der Waals surface area contributed by atoms with Crippen molar-refractivity contribution in [2.75, 3.05) is 11.9 Å². The maximum Gasteiger partial charge on any atom is 0.226 e. The number of carbonyl (C=O) groups excluding carboxylic acids is 1. The lowest BCUT2D eigenvalue weighted by Gasteiger charge is -2.11. The lowest BCUT2D eigenvalue weighted by Crippen LogP contribution is -2.15. The average molecular weight is 309 g/mol. The summed E-state index contributed by atoms with van der Waals surface area (Å²) in [6.07, 6.45) is 2.15. The van der Waals surface area contributed by atoms with Crippen LogP contribution < -0.4 is 10.1 Å². The van der Waals surface area contributed by atoms with E-state index in [1.54, 1.807) is 6.33 Å². The molecule has 0 atom stereocenters. The highest BCUT2D eigenvalue weighted by atomic mass is 16.5. The number of benzene rings is 2. The lowest BCUT2D eigenvalue weighted by atomic mass is 10.2. The molecule has 0 radical (unpaired) electrons. The number of nitrogens with zero attached hydrogens (tertiary/aromatic N) is 2. The van der Waals surface area contributed by atoms with Crippen molar-refractivity contribution in [3.8, 4) is 5.75 Å². The quantitative estimate of drug-likeness (QED) is 0.758. The fourth-order valence-electron chi connectivity index (χ4n) is 2.47. The van der Waals surface area contributed by atoms with Gasteiger partial charge in [0.15, 0.2) is 0 Å². The first-order valence-corrected chi connectivity index (χ1v) is 7.69. The second-order valence-electron chi connectivity index (χ2n) is 5.15. The number of ether oxygens (including phenoxy) is 1. The summed E-state index contributed by atoms with van der Waals surface area (Å²) in [5.74, 6) is 0.645. The monoisotopic (exact) mass is 309 g/mol. The van der Waals surface area contributed by atoms with Crippen LogP contribution in [0.5, 0.6) is 5.75 Å². The number of aryl methyl sites for hydroxylation is 1. The van der Waals surface area contributed by atoms with Crippen LogP contribution in [-0.2, 0) is 11.3 Å². The summed E-state index contributed by atoms with van der Waals surface area (Å²) in [5, 5.41) is 2.91. The van der Waals surface area contributed by atoms with Gasteiger partial charge in [0.25, 0.3) is 0 Å². The number of rotatable bonds is 6. The van der Waals surface area contributed by atoms with Gasteiger partial charge in [0.1, 0.15) is 5.75 Å². The van der Waals surface area contributed by atoms with Gasteiger partial charge in [0, 0.05) is 13.0 Å². The molecule has 1 aromatic heterocycles. The van der Waals surface area contributed by atoms with Crippen LogP contribution >= 0.6 is 0 Å². The fraction of sp³-hybridized carbons (Fsp3) is 0.222. The van der Waals surface area contributed by atoms with E-state index < -0.39 is 0 Å². The van der Waals surface area contributed by atoms with E-state index in [0.717, 1.165) is 11.0 Å². The summed E-state index contributed by atoms with van der Waals surface area (Å²) in [7, 11) is 0. The molecule has 5 nitrogen and oxygen atoms in total. The molecule has 0 saturated heterocycles. The summed E-state index contributed by atoms with van der Waals surface area (Å²) in [6.45, 7) is 3.07. The Bertz CT molecular complexity index is 811. The van der Waals surface area contributed by atoms with E-state index in [9.17, 15) is 4.79 Å². The Labute approximate surface area is 134 Å². The van der Waals surface area contributed by atoms with Gasteiger partial charge in [-0.2, -0.15) is 0 Å². The molecule has 1 heterocycles. The molecule has 23 heavy (non-hydrogen) atoms. The molecule has 1 amide bonds. The van der Waals surface area contributed by atoms with E-state index in [1.807, 2.05) is 60.0 Å². The van der Waals surface area contributed by atoms with Crippen LogP contribution in [0, 0.1) is 0 Å². The van der Waals surface area contributed by atoms with E-state index in [2.05, 4.69) is 10.3 Å². The van der Waals surface area contributed by atoms with E-state index in [-0.39, 0.29) is 5.91 Å². The first-order chi connectivity index (χ1) is 11.3. The summed E-state index contributed by atoms with van der Waals surface area (Å²) in [6, 6.07) is 15.3. The molecular formula is C18H19N3O2. The normalized spacial score (nSPS) is 10.7. The van der Waals surface area contributed by atoms with E-state index in [0.29, 0.717) is 31.0 Å². The molecule has 0 saturated carbocycles. The number of hydrogen-bond donors (Lipinski definition) is 1. The summed E-state index contributed by atoms with van der Waals surface area (Å²) >= 11 is 0. The first-order valence-electron chi connectivity index (χ1n) is 7.69. The number of nitrogens with one attached hydrogen (secondary N) is 1. The van der Waals surface area contributed by atoms with Crippen molar-refractivity contribution in [1.29, 1.82) is 0 Å². The second-order valence-corrected chi connectivity index (χ2v) is 5.15. The third-order valence-electron chi connectivity index (χ3n) is 3.57. The molecule has 0 fully saturated rings. The van der Waals surface area contributed by atoms with Crippen molar-refractivity contribution in [3.63, 3.8) is 0 Å². The van der Waals surface area contributed by atoms with Crippen LogP contribution in [0.2, 0.25) is 0 Å². The molecular weight excluding hydrogens is 290 g/mol. The zero-order valence-corrected chi connectivity index (χ0v) is 13.0. The fourth-order valence-corrected chi connectivity index (χ4v) is 2.47. The number of amides is 1. The molecule has 1 N–H and O–H groups in total. The number of anilines is 1. The minimum atomic E-state index is -0.0464. The minimum Gasteiger partial charge on any atom is -0.492 e. The van der Waals surface area contributed by atoms with Crippen molar-refractivity contribution in [3.05, 3.63) is 54.9 Å². The van der Waals surface area contributed by atoms with E-state index >= 15 is 0 Å². The molecule has 2 aromatic carbocycles. The van der Waals surface area contributed by atoms with E-state index in [1.165, 1.54) is 0 Å². The minimum absolute atomic E-state index is 0.0464. The summed E-state index contributed by atoms with van der Waals surface area (Å²) in [5.41, 5.74) is 2.68. The van der Waals surface area contributed by atoms with Crippen LogP contribution in [0.3, 0.4) is 0 Å². The van der Waals surface area contributed by atoms with Crippen LogP contribution in [0.4, 0.5) is 5.69 Å². The predicted molar refractivity (Wildman–Crippen MR) is 90.6 cm³/mol. The Kier molecular flexibility index (Phi) is 4.57. The van der Waals surface area contributed by atoms with Gasteiger partial charge in [0.05, 0.1) is 29.7 Å². The molecule has 0 unspecified atom stereocenters. The smallest absolute Gasteiger partial charge is 0.226 e. The molecule has 5 heteroatoms. The van der Waals surface area contributed by atoms with Crippen LogP contribution in [-0.4, -0.2) is 22.1 Å². The van der Waals surface area contributed by atoms with Crippen molar-refractivity contribution < 1.29 is 9.53 Å². The third-order valence-corrected chi connectivity index (χ3v) is 3.57. The Balaban J connectivity index is 1.64. The summed E-state index contributed by atoms with van der Waals surface area (Å²) < 4.78 is 7.51. The SMILES string of the molecule is CCOc1ccccc1NC(=O)CCn1cnc2ccccc21. The molecule has 118 valence electrons. The molecule has 0 bridgehead atoms. The molecule has 0 aliphatic rings. The third kappa shape index (κ3) is 3.51. The highest BCUT2D eigenvalue weighted by molar-refractivity contribution is 5.92. The molecule has 0 aliphatic heterocycles. The topological polar surface area (TPSA) is 56.1 Å². The molecule has 3 rings (SSSR count). The number of para-hydroxylation sites is 4. The maximum atomic E-state index is 12.2. The van der Waals surface area contributed by atoms with Gasteiger partial charge in [-0.25, -0.2) is 4.98 Å². The number of imidazole rings is 1. The molecule has 3 aromatic rings. The number of hydrogen-bond acceptors (Lipinski definition) is 3. The Morgan fingerprint density at radius 1 is 1.17 bits per heavy atom. The number of aromatic nitrogens is 2. The molecule has 0 spiro atoms. The predicted octanol–water partition coefficient (Wildman–Crippen LogP) is 3.46. The van der Waals surface area contributed by atoms with Gasteiger partial charge >= 0.3 is 0 Å². The van der Waals surface area contributed by atoms with Crippen molar-refractivity contribution in [2.24, 2.45) is 0 Å². The second kappa shape index (κ2) is 6.96. The number of carbonyl (C=O) groups is 1. The van der Waals surface area contributed by atoms with E-state index in [4.69, 9.17) is 4.74 Å². The lowest BCUT2D eigenvalue weighted by molar-refractivity contribution is -0.116. The van der Waals surface area contributed by atoms with Gasteiger partial charge in [-0.15, -0.1) is 0 Å². The van der Waals surface area contributed by atoms with Crippen molar-refractivity contribution in [1.82, 2.24) is 9.55 Å². The van der Waals surface area contributed by atoms with Gasteiger partial charge in [0.2, 0.25) is 5.91 Å². The van der Waals surface area contributed by atoms with Crippen molar-refractivity contribution in [2.45, 2.75) is 19.9 Å². The van der Waals surface area contributed by atoms with Gasteiger partial charge < -0.3 is 14.6 Å². The average Bonchev–Trinajstić information content (AvgIpc) is 2.98. The first kappa shape index (κ1) is 15.1. The highest BCUT2D eigenvalue weighted by Crippen LogP contribution is 2.23. The Hall–Kier alpha value is -2.82. The summed E-state index contributed by atoms with van der Waals surface area (Å²) in [4.78, 5) is 16.5. The standard InChI is InChI=1S/C18H19N3O2/c1-2-23-17-10-6-4-8-15(17)20-18(22)11-12-21-13-19-14-7-3-5-9-16(14)21/h3-10,13H,2,11-12H2,1H3,(H,20,22). The van der Waals surface area contributed by atoms with Crippen LogP contribution in [0.25, 0.3) is 11.0 Å². The number of fused-ring (bicyclic) bond motifs is 1. The van der Waals surface area contributed by atoms with Gasteiger partial charge in [-0.05, 0) is 31.2 Å². The largest absolute Gasteiger partial charge is 0.492 e. The van der Waals surface area contributed by atoms with Gasteiger partial charge in [-0.3, -0.25) is 4.79 Å². The van der Waals surface area contributed by atoms with Gasteiger partial charge in [-0.1, -0.05) is 24.3 Å². The zero-order chi connectivity index (χ0) is 16.1. The van der Waals surface area contributed by atoms with Crippen molar-refractivity contribution >= 4 is 22.6 Å². The van der Waals surface area contributed by atoms with Crippen LogP contribution in [0.1, 0.15) is 13.3 Å². The Morgan fingerprint density at radius 2 is 1.96 bits per heavy atom. The highest BCUT2D eigenvalue weighted by Gasteiger charge is 2.08.